The van der Waals surface area contributed by atoms with Crippen molar-refractivity contribution >= 4 is 31.7 Å². The summed E-state index contributed by atoms with van der Waals surface area (Å²) < 4.78 is 24.2. The topological polar surface area (TPSA) is 54.5 Å². The van der Waals surface area contributed by atoms with Crippen molar-refractivity contribution in [1.82, 2.24) is 4.90 Å². The van der Waals surface area contributed by atoms with Gasteiger partial charge in [-0.3, -0.25) is 4.79 Å². The minimum atomic E-state index is -2.97. The third-order valence-corrected chi connectivity index (χ3v) is 6.86. The predicted octanol–water partition coefficient (Wildman–Crippen LogP) is 2.13. The van der Waals surface area contributed by atoms with Crippen molar-refractivity contribution in [2.75, 3.05) is 18.6 Å². The van der Waals surface area contributed by atoms with E-state index in [-0.39, 0.29) is 23.5 Å². The molecule has 114 valence electrons. The van der Waals surface area contributed by atoms with Crippen LogP contribution in [0.25, 0.3) is 0 Å². The molecule has 0 radical (unpaired) electrons. The summed E-state index contributed by atoms with van der Waals surface area (Å²) in [4.78, 5) is 14.5. The zero-order chi connectivity index (χ0) is 15.3. The average molecular weight is 372 g/mol. The van der Waals surface area contributed by atoms with Crippen molar-refractivity contribution < 1.29 is 13.2 Å². The van der Waals surface area contributed by atoms with Gasteiger partial charge in [0.25, 0.3) is 0 Å². The van der Waals surface area contributed by atoms with Gasteiger partial charge in [0.2, 0.25) is 5.91 Å². The lowest BCUT2D eigenvalue weighted by Gasteiger charge is -2.28. The Hall–Kier alpha value is -0.880. The molecule has 1 aromatic carbocycles. The Bertz CT molecular complexity index is 682. The van der Waals surface area contributed by atoms with Crippen molar-refractivity contribution in [1.29, 1.82) is 0 Å². The summed E-state index contributed by atoms with van der Waals surface area (Å²) in [6.07, 6.45) is 2.23. The largest absolute Gasteiger partial charge is 0.341 e. The van der Waals surface area contributed by atoms with Crippen LogP contribution in [0, 0.1) is 0 Å². The highest BCUT2D eigenvalue weighted by molar-refractivity contribution is 9.10. The van der Waals surface area contributed by atoms with Gasteiger partial charge < -0.3 is 4.90 Å². The number of benzene rings is 1. The van der Waals surface area contributed by atoms with Crippen LogP contribution >= 0.6 is 15.9 Å². The van der Waals surface area contributed by atoms with E-state index in [0.717, 1.165) is 22.9 Å². The third kappa shape index (κ3) is 2.75. The van der Waals surface area contributed by atoms with Crippen LogP contribution in [0.2, 0.25) is 0 Å². The molecule has 2 fully saturated rings. The van der Waals surface area contributed by atoms with Crippen LogP contribution in [-0.2, 0) is 20.0 Å². The molecule has 0 aromatic heterocycles. The number of rotatable bonds is 3. The van der Waals surface area contributed by atoms with Crippen molar-refractivity contribution in [3.63, 3.8) is 0 Å². The van der Waals surface area contributed by atoms with Crippen molar-refractivity contribution in [2.45, 2.75) is 30.7 Å². The summed E-state index contributed by atoms with van der Waals surface area (Å²) >= 11 is 3.45. The van der Waals surface area contributed by atoms with Crippen LogP contribution in [0.3, 0.4) is 0 Å². The lowest BCUT2D eigenvalue weighted by Crippen LogP contribution is -2.43. The zero-order valence-corrected chi connectivity index (χ0v) is 14.3. The van der Waals surface area contributed by atoms with E-state index in [2.05, 4.69) is 15.9 Å². The first-order valence-electron chi connectivity index (χ1n) is 7.08. The Kier molecular flexibility index (Phi) is 3.64. The SMILES string of the molecule is CN(C(=O)C1(c2cccc(Br)c2)CC1)C1CCS(=O)(=O)C1. The van der Waals surface area contributed by atoms with E-state index in [1.54, 1.807) is 11.9 Å². The van der Waals surface area contributed by atoms with Crippen molar-refractivity contribution in [2.24, 2.45) is 0 Å². The van der Waals surface area contributed by atoms with Crippen LogP contribution in [0.4, 0.5) is 0 Å². The highest BCUT2D eigenvalue weighted by atomic mass is 79.9. The van der Waals surface area contributed by atoms with E-state index in [4.69, 9.17) is 0 Å². The Labute approximate surface area is 133 Å². The molecule has 0 N–H and O–H groups in total. The van der Waals surface area contributed by atoms with Gasteiger partial charge in [0.05, 0.1) is 16.9 Å². The summed E-state index contributed by atoms with van der Waals surface area (Å²) in [6.45, 7) is 0. The maximum absolute atomic E-state index is 12.9. The quantitative estimate of drug-likeness (QED) is 0.817. The number of amides is 1. The fourth-order valence-corrected chi connectivity index (χ4v) is 5.30. The Morgan fingerprint density at radius 3 is 2.62 bits per heavy atom. The number of likely N-dealkylation sites (N-methyl/N-ethyl adjacent to an activating group) is 1. The van der Waals surface area contributed by atoms with Crippen LogP contribution in [0.1, 0.15) is 24.8 Å². The first-order chi connectivity index (χ1) is 9.84. The normalized spacial score (nSPS) is 25.5. The molecule has 1 aliphatic carbocycles. The smallest absolute Gasteiger partial charge is 0.233 e. The monoisotopic (exact) mass is 371 g/mol. The molecule has 2 aliphatic rings. The minimum Gasteiger partial charge on any atom is -0.341 e. The Balaban J connectivity index is 1.82. The van der Waals surface area contributed by atoms with Gasteiger partial charge in [-0.25, -0.2) is 8.42 Å². The Morgan fingerprint density at radius 1 is 1.38 bits per heavy atom. The predicted molar refractivity (Wildman–Crippen MR) is 84.9 cm³/mol. The Morgan fingerprint density at radius 2 is 2.10 bits per heavy atom. The highest BCUT2D eigenvalue weighted by Gasteiger charge is 2.53. The van der Waals surface area contributed by atoms with Gasteiger partial charge in [-0.15, -0.1) is 0 Å². The van der Waals surface area contributed by atoms with Gasteiger partial charge in [-0.2, -0.15) is 0 Å². The first kappa shape index (κ1) is 15.0. The zero-order valence-electron chi connectivity index (χ0n) is 11.9. The van der Waals surface area contributed by atoms with Gasteiger partial charge >= 0.3 is 0 Å². The molecular formula is C15H18BrNO3S. The second-order valence-electron chi connectivity index (χ2n) is 6.07. The second kappa shape index (κ2) is 5.09. The first-order valence-corrected chi connectivity index (χ1v) is 9.69. The number of nitrogens with zero attached hydrogens (tertiary/aromatic N) is 1. The summed E-state index contributed by atoms with van der Waals surface area (Å²) in [5, 5.41) is 0. The fraction of sp³-hybridized carbons (Fsp3) is 0.533. The van der Waals surface area contributed by atoms with Gasteiger partial charge in [0, 0.05) is 17.6 Å². The van der Waals surface area contributed by atoms with Crippen LogP contribution in [0.5, 0.6) is 0 Å². The van der Waals surface area contributed by atoms with Crippen LogP contribution in [-0.4, -0.2) is 43.8 Å². The molecule has 1 atom stereocenters. The molecule has 1 aromatic rings. The molecule has 4 nitrogen and oxygen atoms in total. The van der Waals surface area contributed by atoms with Crippen molar-refractivity contribution in [3.8, 4) is 0 Å². The number of sulfone groups is 1. The molecular weight excluding hydrogens is 354 g/mol. The van der Waals surface area contributed by atoms with E-state index in [1.807, 2.05) is 24.3 Å². The number of halogens is 1. The molecule has 1 saturated carbocycles. The van der Waals surface area contributed by atoms with E-state index in [0.29, 0.717) is 6.42 Å². The number of hydrogen-bond donors (Lipinski definition) is 0. The minimum absolute atomic E-state index is 0.0581. The summed E-state index contributed by atoms with van der Waals surface area (Å²) in [6, 6.07) is 7.68. The average Bonchev–Trinajstić information content (AvgIpc) is 3.16. The molecule has 6 heteroatoms. The van der Waals surface area contributed by atoms with E-state index in [1.165, 1.54) is 0 Å². The van der Waals surface area contributed by atoms with E-state index >= 15 is 0 Å². The fourth-order valence-electron chi connectivity index (χ4n) is 3.12. The molecule has 1 heterocycles. The summed E-state index contributed by atoms with van der Waals surface area (Å²) in [5.74, 6) is 0.353. The highest BCUT2D eigenvalue weighted by Crippen LogP contribution is 2.50. The maximum Gasteiger partial charge on any atom is 0.233 e. The van der Waals surface area contributed by atoms with Gasteiger partial charge in [0.1, 0.15) is 0 Å². The molecule has 0 spiro atoms. The lowest BCUT2D eigenvalue weighted by atomic mass is 9.94. The number of hydrogen-bond acceptors (Lipinski definition) is 3. The molecule has 1 saturated heterocycles. The van der Waals surface area contributed by atoms with Gasteiger partial charge in [0.15, 0.2) is 9.84 Å². The molecule has 0 bridgehead atoms. The molecule has 1 amide bonds. The molecule has 1 unspecified atom stereocenters. The van der Waals surface area contributed by atoms with Gasteiger partial charge in [-0.05, 0) is 37.0 Å². The summed E-state index contributed by atoms with van der Waals surface area (Å²) in [7, 11) is -1.23. The maximum atomic E-state index is 12.9. The molecule has 21 heavy (non-hydrogen) atoms. The standard InChI is InChI=1S/C15H18BrNO3S/c1-17(13-5-8-21(19,20)10-13)14(18)15(6-7-15)11-3-2-4-12(16)9-11/h2-4,9,13H,5-8,10H2,1H3. The van der Waals surface area contributed by atoms with E-state index in [9.17, 15) is 13.2 Å². The van der Waals surface area contributed by atoms with Crippen LogP contribution < -0.4 is 0 Å². The summed E-state index contributed by atoms with van der Waals surface area (Å²) in [5.41, 5.74) is 0.583. The second-order valence-corrected chi connectivity index (χ2v) is 9.21. The number of carbonyl (C=O) groups excluding carboxylic acids is 1. The van der Waals surface area contributed by atoms with Gasteiger partial charge in [-0.1, -0.05) is 28.1 Å². The third-order valence-electron chi connectivity index (χ3n) is 4.61. The lowest BCUT2D eigenvalue weighted by molar-refractivity contribution is -0.134. The van der Waals surface area contributed by atoms with Crippen molar-refractivity contribution in [3.05, 3.63) is 34.3 Å². The van der Waals surface area contributed by atoms with E-state index < -0.39 is 15.3 Å². The molecule has 3 rings (SSSR count). The van der Waals surface area contributed by atoms with Crippen LogP contribution in [0.15, 0.2) is 28.7 Å². The number of carbonyl (C=O) groups is 1. The molecule has 1 aliphatic heterocycles.